The molecule has 0 aromatic heterocycles. The maximum Gasteiger partial charge on any atom is 0.573 e. The largest absolute Gasteiger partial charge is 0.573 e. The van der Waals surface area contributed by atoms with Crippen LogP contribution < -0.4 is 19.9 Å². The predicted octanol–water partition coefficient (Wildman–Crippen LogP) is 4.54. The first kappa shape index (κ1) is 25.5. The summed E-state index contributed by atoms with van der Waals surface area (Å²) in [7, 11) is 0. The van der Waals surface area contributed by atoms with E-state index in [9.17, 15) is 44.3 Å². The zero-order chi connectivity index (χ0) is 23.5. The number of nitrogens with two attached hydrogens (primary N) is 1. The van der Waals surface area contributed by atoms with E-state index in [-0.39, 0.29) is 6.07 Å². The van der Waals surface area contributed by atoms with Crippen LogP contribution in [0.1, 0.15) is 24.8 Å². The molecule has 2 unspecified atom stereocenters. The smallest absolute Gasteiger partial charge is 0.481 e. The second-order valence-electron chi connectivity index (χ2n) is 5.89. The summed E-state index contributed by atoms with van der Waals surface area (Å²) >= 11 is 0. The van der Waals surface area contributed by atoms with Crippen molar-refractivity contribution in [1.29, 1.82) is 0 Å². The summed E-state index contributed by atoms with van der Waals surface area (Å²) in [6.45, 7) is 0.554. The van der Waals surface area contributed by atoms with Gasteiger partial charge in [-0.25, -0.2) is 0 Å². The van der Waals surface area contributed by atoms with Crippen LogP contribution in [0, 0.1) is 5.92 Å². The minimum atomic E-state index is -5.60. The molecule has 0 bridgehead atoms. The Labute approximate surface area is 162 Å². The predicted molar refractivity (Wildman–Crippen MR) is 79.7 cm³/mol. The van der Waals surface area contributed by atoms with Crippen molar-refractivity contribution in [3.63, 3.8) is 0 Å². The molecule has 0 spiro atoms. The molecule has 0 heterocycles. The van der Waals surface area contributed by atoms with Gasteiger partial charge in [-0.05, 0) is 18.4 Å². The molecule has 0 saturated heterocycles. The van der Waals surface area contributed by atoms with Gasteiger partial charge in [-0.3, -0.25) is 4.79 Å². The summed E-state index contributed by atoms with van der Waals surface area (Å²) in [4.78, 5) is 11.1. The van der Waals surface area contributed by atoms with E-state index in [1.54, 1.807) is 0 Å². The number of halogens is 9. The second kappa shape index (κ2) is 9.06. The zero-order valence-electron chi connectivity index (χ0n) is 14.8. The molecule has 0 saturated carbocycles. The molecule has 0 amide bonds. The third-order valence-electron chi connectivity index (χ3n) is 3.54. The summed E-state index contributed by atoms with van der Waals surface area (Å²) < 4.78 is 124. The van der Waals surface area contributed by atoms with Gasteiger partial charge in [0.2, 0.25) is 0 Å². The summed E-state index contributed by atoms with van der Waals surface area (Å²) in [5.41, 5.74) is 4.36. The minimum Gasteiger partial charge on any atom is -0.481 e. The SMILES string of the molecule is CC(CC(CN)C(=O)O)c1cc(OC(F)(F)F)cc(OC(F)(F)F)c1OC(F)(F)F. The quantitative estimate of drug-likeness (QED) is 0.555. The van der Waals surface area contributed by atoms with Crippen molar-refractivity contribution < 1.29 is 63.6 Å². The third kappa shape index (κ3) is 8.42. The molecule has 0 aliphatic rings. The highest BCUT2D eigenvalue weighted by molar-refractivity contribution is 5.70. The van der Waals surface area contributed by atoms with Crippen LogP contribution in [-0.4, -0.2) is 36.7 Å². The molecule has 15 heteroatoms. The van der Waals surface area contributed by atoms with Crippen molar-refractivity contribution in [2.45, 2.75) is 38.3 Å². The number of benzene rings is 1. The average molecular weight is 459 g/mol. The number of carboxylic acid groups (broad SMARTS) is 1. The van der Waals surface area contributed by atoms with Gasteiger partial charge in [0.1, 0.15) is 5.75 Å². The van der Waals surface area contributed by atoms with Crippen molar-refractivity contribution in [1.82, 2.24) is 0 Å². The van der Waals surface area contributed by atoms with Crippen molar-refractivity contribution in [3.05, 3.63) is 17.7 Å². The summed E-state index contributed by atoms with van der Waals surface area (Å²) in [6.07, 6.45) is -17.1. The molecule has 30 heavy (non-hydrogen) atoms. The molecule has 1 rings (SSSR count). The van der Waals surface area contributed by atoms with Gasteiger partial charge in [0, 0.05) is 18.2 Å². The Kier molecular flexibility index (Phi) is 7.68. The molecular formula is C15H14F9NO5. The number of ether oxygens (including phenoxy) is 3. The third-order valence-corrected chi connectivity index (χ3v) is 3.54. The summed E-state index contributed by atoms with van der Waals surface area (Å²) in [6, 6.07) is 0.258. The molecule has 1 aromatic carbocycles. The summed E-state index contributed by atoms with van der Waals surface area (Å²) in [5.74, 6) is -8.89. The highest BCUT2D eigenvalue weighted by Gasteiger charge is 2.40. The van der Waals surface area contributed by atoms with Crippen LogP contribution in [0.15, 0.2) is 12.1 Å². The number of hydrogen-bond donors (Lipinski definition) is 2. The topological polar surface area (TPSA) is 91.0 Å². The van der Waals surface area contributed by atoms with Crippen LogP contribution in [-0.2, 0) is 4.79 Å². The Morgan fingerprint density at radius 2 is 1.47 bits per heavy atom. The van der Waals surface area contributed by atoms with Gasteiger partial charge in [-0.1, -0.05) is 6.92 Å². The standard InChI is InChI=1S/C15H14F9NO5/c1-6(2-7(5-25)12(26)27)9-3-8(28-13(16,17)18)4-10(29-14(19,20)21)11(9)30-15(22,23)24/h3-4,6-7H,2,5,25H2,1H3,(H,26,27). The first-order valence-corrected chi connectivity index (χ1v) is 7.80. The Hall–Kier alpha value is -2.58. The van der Waals surface area contributed by atoms with Crippen molar-refractivity contribution >= 4 is 5.97 Å². The Balaban J connectivity index is 3.63. The van der Waals surface area contributed by atoms with Crippen molar-refractivity contribution in [3.8, 4) is 17.2 Å². The first-order valence-electron chi connectivity index (χ1n) is 7.80. The van der Waals surface area contributed by atoms with Crippen LogP contribution in [0.25, 0.3) is 0 Å². The molecule has 6 nitrogen and oxygen atoms in total. The van der Waals surface area contributed by atoms with Crippen molar-refractivity contribution in [2.24, 2.45) is 11.7 Å². The van der Waals surface area contributed by atoms with Crippen LogP contribution in [0.3, 0.4) is 0 Å². The van der Waals surface area contributed by atoms with Crippen LogP contribution in [0.4, 0.5) is 39.5 Å². The van der Waals surface area contributed by atoms with Crippen LogP contribution in [0.2, 0.25) is 0 Å². The van der Waals surface area contributed by atoms with Crippen LogP contribution in [0.5, 0.6) is 17.2 Å². The van der Waals surface area contributed by atoms with E-state index >= 15 is 0 Å². The fourth-order valence-electron chi connectivity index (χ4n) is 2.43. The van der Waals surface area contributed by atoms with E-state index in [2.05, 4.69) is 14.2 Å². The lowest BCUT2D eigenvalue weighted by Gasteiger charge is -2.24. The van der Waals surface area contributed by atoms with E-state index in [0.717, 1.165) is 6.92 Å². The van der Waals surface area contributed by atoms with Gasteiger partial charge in [-0.2, -0.15) is 0 Å². The maximum atomic E-state index is 12.7. The fourth-order valence-corrected chi connectivity index (χ4v) is 2.43. The number of carbonyl (C=O) groups is 1. The zero-order valence-corrected chi connectivity index (χ0v) is 14.8. The van der Waals surface area contributed by atoms with E-state index in [0.29, 0.717) is 6.07 Å². The lowest BCUT2D eigenvalue weighted by Crippen LogP contribution is -2.26. The molecule has 0 aliphatic heterocycles. The first-order chi connectivity index (χ1) is 13.4. The number of hydrogen-bond acceptors (Lipinski definition) is 5. The maximum absolute atomic E-state index is 12.7. The van der Waals surface area contributed by atoms with Crippen molar-refractivity contribution in [2.75, 3.05) is 6.54 Å². The minimum absolute atomic E-state index is 0.0874. The summed E-state index contributed by atoms with van der Waals surface area (Å²) in [5, 5.41) is 9.00. The molecule has 0 aliphatic carbocycles. The lowest BCUT2D eigenvalue weighted by molar-refractivity contribution is -0.288. The van der Waals surface area contributed by atoms with E-state index in [4.69, 9.17) is 10.8 Å². The van der Waals surface area contributed by atoms with Gasteiger partial charge in [0.25, 0.3) is 0 Å². The number of alkyl halides is 9. The number of aliphatic carboxylic acids is 1. The lowest BCUT2D eigenvalue weighted by atomic mass is 9.89. The van der Waals surface area contributed by atoms with Gasteiger partial charge in [0.05, 0.1) is 5.92 Å². The Morgan fingerprint density at radius 1 is 0.967 bits per heavy atom. The highest BCUT2D eigenvalue weighted by atomic mass is 19.4. The normalized spacial score (nSPS) is 14.8. The van der Waals surface area contributed by atoms with Gasteiger partial charge < -0.3 is 25.1 Å². The highest BCUT2D eigenvalue weighted by Crippen LogP contribution is 2.46. The number of rotatable bonds is 8. The van der Waals surface area contributed by atoms with E-state index < -0.39 is 72.7 Å². The fraction of sp³-hybridized carbons (Fsp3) is 0.533. The Morgan fingerprint density at radius 3 is 1.87 bits per heavy atom. The average Bonchev–Trinajstić information content (AvgIpc) is 2.50. The molecule has 0 fully saturated rings. The van der Waals surface area contributed by atoms with E-state index in [1.807, 2.05) is 0 Å². The monoisotopic (exact) mass is 459 g/mol. The van der Waals surface area contributed by atoms with Gasteiger partial charge in [-0.15, -0.1) is 39.5 Å². The molecular weight excluding hydrogens is 445 g/mol. The molecule has 1 aromatic rings. The van der Waals surface area contributed by atoms with Crippen LogP contribution >= 0.6 is 0 Å². The van der Waals surface area contributed by atoms with Gasteiger partial charge in [0.15, 0.2) is 11.5 Å². The molecule has 0 radical (unpaired) electrons. The molecule has 3 N–H and O–H groups in total. The molecule has 2 atom stereocenters. The molecule has 172 valence electrons. The van der Waals surface area contributed by atoms with E-state index in [1.165, 1.54) is 0 Å². The van der Waals surface area contributed by atoms with Gasteiger partial charge >= 0.3 is 25.1 Å². The Bertz CT molecular complexity index is 746. The second-order valence-corrected chi connectivity index (χ2v) is 5.89. The number of carboxylic acids is 1.